The Bertz CT molecular complexity index is 421. The van der Waals surface area contributed by atoms with E-state index in [-0.39, 0.29) is 12.4 Å². The van der Waals surface area contributed by atoms with Gasteiger partial charge in [0, 0.05) is 30.9 Å². The molecule has 1 aromatic carbocycles. The number of rotatable bonds is 4. The third-order valence-corrected chi connectivity index (χ3v) is 3.84. The SMILES string of the molecule is CC(O)c1c(F)cccc1N1CCCC(CCO)C1. The zero-order valence-electron chi connectivity index (χ0n) is 11.3. The summed E-state index contributed by atoms with van der Waals surface area (Å²) >= 11 is 0. The van der Waals surface area contributed by atoms with Crippen LogP contribution in [0.3, 0.4) is 0 Å². The normalized spacial score (nSPS) is 21.5. The van der Waals surface area contributed by atoms with E-state index in [0.717, 1.165) is 38.0 Å². The molecule has 0 aromatic heterocycles. The summed E-state index contributed by atoms with van der Waals surface area (Å²) in [6.07, 6.45) is 2.13. The van der Waals surface area contributed by atoms with E-state index in [4.69, 9.17) is 5.11 Å². The first kappa shape index (κ1) is 14.3. The average molecular weight is 267 g/mol. The number of anilines is 1. The fraction of sp³-hybridized carbons (Fsp3) is 0.600. The highest BCUT2D eigenvalue weighted by Crippen LogP contribution is 2.32. The summed E-state index contributed by atoms with van der Waals surface area (Å²) in [6, 6.07) is 4.94. The molecule has 1 saturated heterocycles. The first-order chi connectivity index (χ1) is 9.13. The van der Waals surface area contributed by atoms with E-state index in [1.165, 1.54) is 6.07 Å². The second-order valence-corrected chi connectivity index (χ2v) is 5.32. The van der Waals surface area contributed by atoms with Gasteiger partial charge >= 0.3 is 0 Å². The molecule has 2 unspecified atom stereocenters. The van der Waals surface area contributed by atoms with Crippen LogP contribution in [0.2, 0.25) is 0 Å². The molecular weight excluding hydrogens is 245 g/mol. The van der Waals surface area contributed by atoms with Crippen LogP contribution in [0.1, 0.15) is 37.9 Å². The van der Waals surface area contributed by atoms with E-state index in [0.29, 0.717) is 11.5 Å². The van der Waals surface area contributed by atoms with Crippen molar-refractivity contribution in [1.82, 2.24) is 0 Å². The van der Waals surface area contributed by atoms with Crippen LogP contribution in [0.15, 0.2) is 18.2 Å². The lowest BCUT2D eigenvalue weighted by Gasteiger charge is -2.36. The molecule has 0 amide bonds. The van der Waals surface area contributed by atoms with E-state index in [1.54, 1.807) is 13.0 Å². The molecule has 2 rings (SSSR count). The number of aliphatic hydroxyl groups excluding tert-OH is 2. The van der Waals surface area contributed by atoms with Gasteiger partial charge in [0.25, 0.3) is 0 Å². The third-order valence-electron chi connectivity index (χ3n) is 3.84. The molecule has 0 saturated carbocycles. The summed E-state index contributed by atoms with van der Waals surface area (Å²) in [5, 5.41) is 18.8. The van der Waals surface area contributed by atoms with Crippen molar-refractivity contribution in [2.24, 2.45) is 5.92 Å². The van der Waals surface area contributed by atoms with Crippen molar-refractivity contribution in [1.29, 1.82) is 0 Å². The predicted molar refractivity (Wildman–Crippen MR) is 73.7 cm³/mol. The Hall–Kier alpha value is -1.13. The number of hydrogen-bond acceptors (Lipinski definition) is 3. The van der Waals surface area contributed by atoms with E-state index in [2.05, 4.69) is 4.90 Å². The molecule has 19 heavy (non-hydrogen) atoms. The minimum atomic E-state index is -0.811. The maximum atomic E-state index is 13.9. The Labute approximate surface area is 113 Å². The minimum absolute atomic E-state index is 0.199. The zero-order chi connectivity index (χ0) is 13.8. The summed E-state index contributed by atoms with van der Waals surface area (Å²) in [5.74, 6) is 0.0978. The van der Waals surface area contributed by atoms with Crippen LogP contribution >= 0.6 is 0 Å². The van der Waals surface area contributed by atoms with E-state index < -0.39 is 6.10 Å². The second-order valence-electron chi connectivity index (χ2n) is 5.32. The molecule has 2 atom stereocenters. The van der Waals surface area contributed by atoms with Gasteiger partial charge in [0.2, 0.25) is 0 Å². The van der Waals surface area contributed by atoms with Crippen molar-refractivity contribution < 1.29 is 14.6 Å². The van der Waals surface area contributed by atoms with Crippen molar-refractivity contribution in [3.63, 3.8) is 0 Å². The fourth-order valence-corrected chi connectivity index (χ4v) is 2.92. The molecule has 1 aromatic rings. The Balaban J connectivity index is 2.23. The molecule has 3 nitrogen and oxygen atoms in total. The molecule has 1 fully saturated rings. The smallest absolute Gasteiger partial charge is 0.131 e. The van der Waals surface area contributed by atoms with Gasteiger partial charge < -0.3 is 15.1 Å². The van der Waals surface area contributed by atoms with Gasteiger partial charge in [0.1, 0.15) is 5.82 Å². The molecular formula is C15H22FNO2. The lowest BCUT2D eigenvalue weighted by atomic mass is 9.94. The van der Waals surface area contributed by atoms with Crippen LogP contribution < -0.4 is 4.90 Å². The van der Waals surface area contributed by atoms with Gasteiger partial charge in [-0.3, -0.25) is 0 Å². The third kappa shape index (κ3) is 3.25. The second kappa shape index (κ2) is 6.35. The van der Waals surface area contributed by atoms with Crippen LogP contribution in [0.4, 0.5) is 10.1 Å². The molecule has 106 valence electrons. The molecule has 0 spiro atoms. The largest absolute Gasteiger partial charge is 0.396 e. The molecule has 0 radical (unpaired) electrons. The van der Waals surface area contributed by atoms with Gasteiger partial charge in [-0.2, -0.15) is 0 Å². The predicted octanol–water partition coefficient (Wildman–Crippen LogP) is 2.48. The molecule has 2 N–H and O–H groups in total. The van der Waals surface area contributed by atoms with Crippen molar-refractivity contribution in [3.05, 3.63) is 29.6 Å². The summed E-state index contributed by atoms with van der Waals surface area (Å²) in [6.45, 7) is 3.50. The summed E-state index contributed by atoms with van der Waals surface area (Å²) in [7, 11) is 0. The van der Waals surface area contributed by atoms with Crippen molar-refractivity contribution in [3.8, 4) is 0 Å². The topological polar surface area (TPSA) is 43.7 Å². The molecule has 0 bridgehead atoms. The number of hydrogen-bond donors (Lipinski definition) is 2. The van der Waals surface area contributed by atoms with Crippen LogP contribution in [-0.2, 0) is 0 Å². The Morgan fingerprint density at radius 3 is 2.95 bits per heavy atom. The average Bonchev–Trinajstić information content (AvgIpc) is 2.38. The molecule has 1 aliphatic heterocycles. The van der Waals surface area contributed by atoms with Gasteiger partial charge in [-0.1, -0.05) is 6.07 Å². The summed E-state index contributed by atoms with van der Waals surface area (Å²) in [5.41, 5.74) is 1.17. The minimum Gasteiger partial charge on any atom is -0.396 e. The Morgan fingerprint density at radius 1 is 1.47 bits per heavy atom. The number of halogens is 1. The monoisotopic (exact) mass is 267 g/mol. The molecule has 1 aliphatic rings. The van der Waals surface area contributed by atoms with Crippen molar-refractivity contribution in [2.75, 3.05) is 24.6 Å². The van der Waals surface area contributed by atoms with Gasteiger partial charge in [0.15, 0.2) is 0 Å². The Morgan fingerprint density at radius 2 is 2.26 bits per heavy atom. The number of benzene rings is 1. The summed E-state index contributed by atoms with van der Waals surface area (Å²) < 4.78 is 13.9. The summed E-state index contributed by atoms with van der Waals surface area (Å²) in [4.78, 5) is 2.13. The highest BCUT2D eigenvalue weighted by atomic mass is 19.1. The molecule has 1 heterocycles. The van der Waals surface area contributed by atoms with E-state index >= 15 is 0 Å². The van der Waals surface area contributed by atoms with E-state index in [9.17, 15) is 9.50 Å². The van der Waals surface area contributed by atoms with Crippen LogP contribution in [-0.4, -0.2) is 29.9 Å². The number of nitrogens with zero attached hydrogens (tertiary/aromatic N) is 1. The number of aliphatic hydroxyl groups is 2. The van der Waals surface area contributed by atoms with Crippen LogP contribution in [0.5, 0.6) is 0 Å². The first-order valence-electron chi connectivity index (χ1n) is 6.95. The van der Waals surface area contributed by atoms with Gasteiger partial charge in [0.05, 0.1) is 6.10 Å². The Kier molecular flexibility index (Phi) is 4.77. The zero-order valence-corrected chi connectivity index (χ0v) is 11.3. The quantitative estimate of drug-likeness (QED) is 0.881. The molecule has 0 aliphatic carbocycles. The van der Waals surface area contributed by atoms with Crippen molar-refractivity contribution >= 4 is 5.69 Å². The molecule has 4 heteroatoms. The highest BCUT2D eigenvalue weighted by Gasteiger charge is 2.24. The standard InChI is InChI=1S/C15H22FNO2/c1-11(19)15-13(16)5-2-6-14(15)17-8-3-4-12(10-17)7-9-18/h2,5-6,11-12,18-19H,3-4,7-10H2,1H3. The lowest BCUT2D eigenvalue weighted by Crippen LogP contribution is -2.36. The van der Waals surface area contributed by atoms with Gasteiger partial charge in [-0.25, -0.2) is 4.39 Å². The van der Waals surface area contributed by atoms with Crippen LogP contribution in [0.25, 0.3) is 0 Å². The maximum Gasteiger partial charge on any atom is 0.131 e. The lowest BCUT2D eigenvalue weighted by molar-refractivity contribution is 0.194. The van der Waals surface area contributed by atoms with Crippen molar-refractivity contribution in [2.45, 2.75) is 32.3 Å². The number of piperidine rings is 1. The maximum absolute atomic E-state index is 13.9. The van der Waals surface area contributed by atoms with E-state index in [1.807, 2.05) is 6.07 Å². The first-order valence-corrected chi connectivity index (χ1v) is 6.95. The van der Waals surface area contributed by atoms with Crippen LogP contribution in [0, 0.1) is 11.7 Å². The highest BCUT2D eigenvalue weighted by molar-refractivity contribution is 5.55. The fourth-order valence-electron chi connectivity index (χ4n) is 2.92. The van der Waals surface area contributed by atoms with Gasteiger partial charge in [-0.15, -0.1) is 0 Å². The van der Waals surface area contributed by atoms with Gasteiger partial charge in [-0.05, 0) is 44.2 Å².